The number of nitrogens with zero attached hydrogens (tertiary/aromatic N) is 2. The van der Waals surface area contributed by atoms with Crippen molar-refractivity contribution in [2.24, 2.45) is 0 Å². The van der Waals surface area contributed by atoms with Gasteiger partial charge in [0.15, 0.2) is 0 Å². The van der Waals surface area contributed by atoms with E-state index in [2.05, 4.69) is 28.9 Å². The maximum absolute atomic E-state index is 9.17. The number of benzene rings is 1. The molecule has 0 spiro atoms. The Kier molecular flexibility index (Phi) is 2.45. The van der Waals surface area contributed by atoms with Gasteiger partial charge in [0.25, 0.3) is 0 Å². The van der Waals surface area contributed by atoms with E-state index in [0.717, 1.165) is 10.9 Å². The number of rotatable bonds is 1. The first kappa shape index (κ1) is 10.2. The predicted molar refractivity (Wildman–Crippen MR) is 68.7 cm³/mol. The number of hydrogen-bond acceptors (Lipinski definition) is 1. The van der Waals surface area contributed by atoms with Crippen LogP contribution in [-0.2, 0) is 0 Å². The minimum Gasteiger partial charge on any atom is -0.339 e. The lowest BCUT2D eigenvalue weighted by atomic mass is 10.0. The molecule has 1 atom stereocenters. The standard InChI is InChI=1S/C15H14N2/c16-10-12-11-17(13-6-2-1-3-7-13)15-9-5-4-8-14(12)15/h2,4-6,8-9,11,13H,1,3,7H2/t13-/m1/s1. The molecule has 0 amide bonds. The lowest BCUT2D eigenvalue weighted by molar-refractivity contribution is 0.531. The number of allylic oxidation sites excluding steroid dienone is 2. The Labute approximate surface area is 101 Å². The Bertz CT molecular complexity index is 613. The van der Waals surface area contributed by atoms with Crippen LogP contribution in [0.4, 0.5) is 0 Å². The van der Waals surface area contributed by atoms with Gasteiger partial charge in [-0.2, -0.15) is 5.26 Å². The molecule has 3 rings (SSSR count). The molecule has 1 aliphatic carbocycles. The van der Waals surface area contributed by atoms with Crippen molar-refractivity contribution in [2.75, 3.05) is 0 Å². The highest BCUT2D eigenvalue weighted by Gasteiger charge is 2.15. The van der Waals surface area contributed by atoms with Gasteiger partial charge in [-0.15, -0.1) is 0 Å². The van der Waals surface area contributed by atoms with Crippen LogP contribution in [0.15, 0.2) is 42.6 Å². The largest absolute Gasteiger partial charge is 0.339 e. The van der Waals surface area contributed by atoms with Gasteiger partial charge < -0.3 is 4.57 Å². The summed E-state index contributed by atoms with van der Waals surface area (Å²) in [5, 5.41) is 10.2. The lowest BCUT2D eigenvalue weighted by Crippen LogP contribution is -2.07. The first-order valence-electron chi connectivity index (χ1n) is 6.06. The van der Waals surface area contributed by atoms with Gasteiger partial charge in [-0.25, -0.2) is 0 Å². The van der Waals surface area contributed by atoms with Crippen LogP contribution in [0, 0.1) is 11.3 Å². The molecule has 0 fully saturated rings. The summed E-state index contributed by atoms with van der Waals surface area (Å²) in [7, 11) is 0. The molecular weight excluding hydrogens is 208 g/mol. The fourth-order valence-electron chi connectivity index (χ4n) is 2.59. The molecule has 2 aromatic rings. The van der Waals surface area contributed by atoms with Crippen LogP contribution < -0.4 is 0 Å². The fourth-order valence-corrected chi connectivity index (χ4v) is 2.59. The van der Waals surface area contributed by atoms with Crippen molar-refractivity contribution >= 4 is 10.9 Å². The van der Waals surface area contributed by atoms with Crippen molar-refractivity contribution in [3.63, 3.8) is 0 Å². The zero-order valence-corrected chi connectivity index (χ0v) is 9.63. The predicted octanol–water partition coefficient (Wildman–Crippen LogP) is 3.79. The van der Waals surface area contributed by atoms with Crippen LogP contribution >= 0.6 is 0 Å². The third-order valence-electron chi connectivity index (χ3n) is 3.45. The summed E-state index contributed by atoms with van der Waals surface area (Å²) in [6.07, 6.45) is 10.1. The number of fused-ring (bicyclic) bond motifs is 1. The minimum atomic E-state index is 0.413. The lowest BCUT2D eigenvalue weighted by Gasteiger charge is -2.19. The van der Waals surface area contributed by atoms with E-state index in [4.69, 9.17) is 5.26 Å². The monoisotopic (exact) mass is 222 g/mol. The number of para-hydroxylation sites is 1. The first-order chi connectivity index (χ1) is 8.40. The smallest absolute Gasteiger partial charge is 0.101 e. The number of hydrogen-bond donors (Lipinski definition) is 0. The quantitative estimate of drug-likeness (QED) is 0.675. The van der Waals surface area contributed by atoms with E-state index in [1.54, 1.807) is 0 Å². The van der Waals surface area contributed by atoms with Crippen LogP contribution in [0.2, 0.25) is 0 Å². The third-order valence-corrected chi connectivity index (χ3v) is 3.45. The maximum Gasteiger partial charge on any atom is 0.101 e. The summed E-state index contributed by atoms with van der Waals surface area (Å²) in [6.45, 7) is 0. The van der Waals surface area contributed by atoms with Gasteiger partial charge in [0.2, 0.25) is 0 Å². The topological polar surface area (TPSA) is 28.7 Å². The van der Waals surface area contributed by atoms with E-state index in [-0.39, 0.29) is 0 Å². The highest BCUT2D eigenvalue weighted by Crippen LogP contribution is 2.29. The first-order valence-corrected chi connectivity index (χ1v) is 6.06. The van der Waals surface area contributed by atoms with E-state index < -0.39 is 0 Å². The van der Waals surface area contributed by atoms with Gasteiger partial charge >= 0.3 is 0 Å². The molecule has 0 bridgehead atoms. The Morgan fingerprint density at radius 3 is 2.94 bits per heavy atom. The van der Waals surface area contributed by atoms with Crippen molar-refractivity contribution in [3.05, 3.63) is 48.2 Å². The molecule has 84 valence electrons. The Morgan fingerprint density at radius 1 is 1.29 bits per heavy atom. The highest BCUT2D eigenvalue weighted by atomic mass is 15.0. The van der Waals surface area contributed by atoms with Crippen LogP contribution in [0.3, 0.4) is 0 Å². The zero-order chi connectivity index (χ0) is 11.7. The van der Waals surface area contributed by atoms with Crippen LogP contribution in [0.5, 0.6) is 0 Å². The molecular formula is C15H14N2. The molecule has 0 saturated heterocycles. The second-order valence-electron chi connectivity index (χ2n) is 4.51. The van der Waals surface area contributed by atoms with Crippen molar-refractivity contribution in [2.45, 2.75) is 25.3 Å². The molecule has 1 aliphatic rings. The van der Waals surface area contributed by atoms with Crippen molar-refractivity contribution in [1.82, 2.24) is 4.57 Å². The van der Waals surface area contributed by atoms with E-state index in [1.165, 1.54) is 24.8 Å². The Hall–Kier alpha value is -2.01. The molecule has 1 aromatic carbocycles. The molecule has 0 N–H and O–H groups in total. The van der Waals surface area contributed by atoms with Crippen molar-refractivity contribution in [3.8, 4) is 6.07 Å². The molecule has 1 aromatic heterocycles. The fraction of sp³-hybridized carbons (Fsp3) is 0.267. The minimum absolute atomic E-state index is 0.413. The normalized spacial score (nSPS) is 19.4. The number of aromatic nitrogens is 1. The summed E-state index contributed by atoms with van der Waals surface area (Å²) < 4.78 is 2.24. The van der Waals surface area contributed by atoms with Crippen LogP contribution in [-0.4, -0.2) is 4.57 Å². The van der Waals surface area contributed by atoms with Crippen molar-refractivity contribution < 1.29 is 0 Å². The van der Waals surface area contributed by atoms with Gasteiger partial charge in [0.1, 0.15) is 6.07 Å². The Morgan fingerprint density at radius 2 is 2.18 bits per heavy atom. The average Bonchev–Trinajstić information content (AvgIpc) is 2.78. The van der Waals surface area contributed by atoms with E-state index in [9.17, 15) is 0 Å². The summed E-state index contributed by atoms with van der Waals surface area (Å²) >= 11 is 0. The third kappa shape index (κ3) is 1.64. The van der Waals surface area contributed by atoms with E-state index in [1.807, 2.05) is 24.4 Å². The van der Waals surface area contributed by atoms with Gasteiger partial charge in [-0.1, -0.05) is 30.4 Å². The molecule has 2 heteroatoms. The molecule has 0 unspecified atom stereocenters. The van der Waals surface area contributed by atoms with Crippen molar-refractivity contribution in [1.29, 1.82) is 5.26 Å². The van der Waals surface area contributed by atoms with Crippen LogP contribution in [0.25, 0.3) is 10.9 Å². The Balaban J connectivity index is 2.19. The maximum atomic E-state index is 9.17. The molecule has 0 radical (unpaired) electrons. The summed E-state index contributed by atoms with van der Waals surface area (Å²) in [5.41, 5.74) is 1.94. The summed E-state index contributed by atoms with van der Waals surface area (Å²) in [5.74, 6) is 0. The molecule has 1 heterocycles. The zero-order valence-electron chi connectivity index (χ0n) is 9.63. The molecule has 17 heavy (non-hydrogen) atoms. The van der Waals surface area contributed by atoms with Gasteiger partial charge in [0, 0.05) is 17.1 Å². The second-order valence-corrected chi connectivity index (χ2v) is 4.51. The van der Waals surface area contributed by atoms with Gasteiger partial charge in [-0.05, 0) is 25.3 Å². The molecule has 0 aliphatic heterocycles. The molecule has 0 saturated carbocycles. The number of nitriles is 1. The van der Waals surface area contributed by atoms with E-state index >= 15 is 0 Å². The average molecular weight is 222 g/mol. The summed E-state index contributed by atoms with van der Waals surface area (Å²) in [4.78, 5) is 0. The molecule has 2 nitrogen and oxygen atoms in total. The highest BCUT2D eigenvalue weighted by molar-refractivity contribution is 5.86. The van der Waals surface area contributed by atoms with Gasteiger partial charge in [-0.3, -0.25) is 0 Å². The van der Waals surface area contributed by atoms with Gasteiger partial charge in [0.05, 0.1) is 11.6 Å². The van der Waals surface area contributed by atoms with E-state index in [0.29, 0.717) is 6.04 Å². The summed E-state index contributed by atoms with van der Waals surface area (Å²) in [6, 6.07) is 10.8. The SMILES string of the molecule is N#Cc1cn([C@@H]2C=CCCC2)c2ccccc12. The second kappa shape index (κ2) is 4.10. The van der Waals surface area contributed by atoms with Crippen LogP contribution in [0.1, 0.15) is 30.9 Å².